The molecule has 0 atom stereocenters. The number of phenols is 1. The molecule has 0 fully saturated rings. The van der Waals surface area contributed by atoms with Gasteiger partial charge < -0.3 is 51.1 Å². The number of aromatic hydroxyl groups is 1. The zero-order chi connectivity index (χ0) is 110. The number of hydrogen-bond acceptors (Lipinski definition) is 18. The Morgan fingerprint density at radius 2 is 0.664 bits per heavy atom. The number of carbonyl (C=O) groups is 10. The number of aryl methyl sites for hydroxylation is 7. The van der Waals surface area contributed by atoms with Gasteiger partial charge in [-0.05, 0) is 311 Å². The molecule has 0 saturated carbocycles. The van der Waals surface area contributed by atoms with Gasteiger partial charge in [-0.15, -0.1) is 11.3 Å². The number of halogens is 4. The Kier molecular flexibility index (Phi) is 43.0. The number of phenolic OH excluding ortho intramolecular Hbond substituents is 1. The van der Waals surface area contributed by atoms with E-state index in [2.05, 4.69) is 11.1 Å². The number of sulfone groups is 2. The highest BCUT2D eigenvalue weighted by atomic mass is 35.5. The molecule has 762 valence electrons. The van der Waals surface area contributed by atoms with Gasteiger partial charge in [-0.25, -0.2) is 64.4 Å². The monoisotopic (exact) mass is 2120 g/mol. The molecule has 16 rings (SSSR count). The second kappa shape index (κ2) is 54.7. The van der Waals surface area contributed by atoms with Crippen LogP contribution >= 0.6 is 46.1 Å². The van der Waals surface area contributed by atoms with Gasteiger partial charge in [0.2, 0.25) is 0 Å². The van der Waals surface area contributed by atoms with Gasteiger partial charge >= 0.3 is 53.7 Å². The maximum Gasteiger partial charge on any atom is 0.336 e. The summed E-state index contributed by atoms with van der Waals surface area (Å²) in [5.74, 6) is -10.6. The fraction of sp³-hybridized carbons (Fsp3) is 0.103. The first-order valence-electron chi connectivity index (χ1n) is 44.4. The largest absolute Gasteiger partial charge is 0.508 e. The van der Waals surface area contributed by atoms with Crippen LogP contribution in [-0.4, -0.2) is 145 Å². The molecule has 0 spiro atoms. The summed E-state index contributed by atoms with van der Waals surface area (Å²) < 4.78 is 56.7. The lowest BCUT2D eigenvalue weighted by Gasteiger charge is -2.07. The molecule has 2 aromatic heterocycles. The molecule has 0 saturated heterocycles. The van der Waals surface area contributed by atoms with Crippen LogP contribution in [0.25, 0.3) is 77.2 Å². The summed E-state index contributed by atoms with van der Waals surface area (Å²) in [6.07, 6.45) is 5.48. The number of thiophene rings is 1. The molecule has 14 aromatic carbocycles. The van der Waals surface area contributed by atoms with Crippen molar-refractivity contribution in [2.75, 3.05) is 12.5 Å². The standard InChI is InChI=1S/C16H14O3.C15H11NO2.3C14H11ClO2.C13H11NO2.C12H10O2S.C9H9FO4S.C9H10O5S/c1-10-8-14(6-7-15(10)16(18)19)13-5-3-4-12(9-13)11(2)17;1-10-8-13(6-7-14(10)15(17)18)12-4-2-11(9-16)3-5-12;1-9-8-11(4-7-13(9)14(16)17)10-2-5-12(15)6-3-10;1-9-7-11(5-6-13(9)14(16)17)10-3-2-4-12(15)8-10;1-9-8-10(6-7-11(9)14(16)17)12-4-2-3-5-13(12)15;1-9-7-10(4-5-12(9)13(15)16)11-3-2-6-14-8-11;1-8-7-9(11-3-2-6-15-11)4-5-10(8)12(13)14;2*1-15(13,14)5-6-2-3-7(10)4-8(6)9(11)12/h3-9H,1-2H3,(H,18,19);2-8H,1H3,(H,17,18);3*2-8H,1H3,(H,16,17);2-8H,1H3,(H,15,16);2-7H,1H3,(H,13,14);2-4H,5H2,1H3,(H,11,12);2-4,10H,5H2,1H3,(H,11,12). The van der Waals surface area contributed by atoms with Crippen LogP contribution in [0.15, 0.2) is 327 Å². The zero-order valence-electron chi connectivity index (χ0n) is 81.4. The summed E-state index contributed by atoms with van der Waals surface area (Å²) in [6, 6.07) is 90.3. The minimum absolute atomic E-state index is 0.0146. The first kappa shape index (κ1) is 117. The molecule has 16 aromatic rings. The van der Waals surface area contributed by atoms with Crippen molar-refractivity contribution in [3.05, 3.63) is 459 Å². The fourth-order valence-corrected chi connectivity index (χ4v) is 17.4. The Bertz CT molecular complexity index is 7860. The van der Waals surface area contributed by atoms with Crippen molar-refractivity contribution in [1.29, 1.82) is 5.26 Å². The number of pyridine rings is 1. The first-order valence-corrected chi connectivity index (χ1v) is 50.6. The number of ketones is 1. The Hall–Kier alpha value is -17.2. The molecule has 0 radical (unpaired) electrons. The second-order valence-corrected chi connectivity index (χ2v) is 39.8. The van der Waals surface area contributed by atoms with E-state index in [0.717, 1.165) is 141 Å². The number of Topliss-reactive ketones (excluding diaryl/α,β-unsaturated/α-hetero) is 1. The molecule has 0 aliphatic rings. The average molecular weight is 2130 g/mol. The molecule has 33 heteroatoms. The van der Waals surface area contributed by atoms with Gasteiger partial charge in [0.1, 0.15) is 11.6 Å². The normalized spacial score (nSPS) is 10.4. The Morgan fingerprint density at radius 1 is 0.329 bits per heavy atom. The van der Waals surface area contributed by atoms with E-state index in [9.17, 15) is 69.2 Å². The van der Waals surface area contributed by atoms with Crippen LogP contribution < -0.4 is 0 Å². The SMILES string of the molecule is CC(=O)c1cccc(-c2ccc(C(=O)O)c(C)c2)c1.CS(=O)(=O)Cc1ccc(F)cc1C(=O)O.CS(=O)(=O)Cc1ccc(O)cc1C(=O)O.Cc1cc(-c2ccc(C#N)cc2)ccc1C(=O)O.Cc1cc(-c2ccc(Cl)cc2)ccc1C(=O)O.Cc1cc(-c2cccc(Cl)c2)ccc1C(=O)O.Cc1cc(-c2ccccc2Cl)ccc1C(=O)O.Cc1cc(-c2cccnc2)ccc1C(=O)O.Cc1cc(-c2cccs2)ccc1C(=O)O. The predicted molar refractivity (Wildman–Crippen MR) is 576 cm³/mol. The molecule has 0 amide bonds. The lowest BCUT2D eigenvalue weighted by atomic mass is 9.98. The molecular weight excluding hydrogens is 2030 g/mol. The van der Waals surface area contributed by atoms with E-state index in [0.29, 0.717) is 70.7 Å². The maximum atomic E-state index is 12.7. The number of aromatic nitrogens is 1. The minimum Gasteiger partial charge on any atom is -0.508 e. The summed E-state index contributed by atoms with van der Waals surface area (Å²) in [4.78, 5) is 114. The summed E-state index contributed by atoms with van der Waals surface area (Å²) in [5.41, 5.74) is 21.1. The number of rotatable bonds is 21. The third-order valence-corrected chi connectivity index (χ3v) is 25.3. The van der Waals surface area contributed by atoms with E-state index in [-0.39, 0.29) is 39.5 Å². The molecule has 10 N–H and O–H groups in total. The van der Waals surface area contributed by atoms with Crippen LogP contribution in [0.5, 0.6) is 5.75 Å². The van der Waals surface area contributed by atoms with E-state index in [1.807, 2.05) is 188 Å². The topological polar surface area (TPSA) is 478 Å². The zero-order valence-corrected chi connectivity index (χ0v) is 86.1. The third-order valence-electron chi connectivity index (χ3n) is 21.9. The fourth-order valence-electron chi connectivity index (χ4n) is 14.5. The summed E-state index contributed by atoms with van der Waals surface area (Å²) in [5, 5.41) is 102. The average Bonchev–Trinajstić information content (AvgIpc) is 1.42. The maximum absolute atomic E-state index is 12.7. The van der Waals surface area contributed by atoms with E-state index in [1.165, 1.54) is 25.1 Å². The van der Waals surface area contributed by atoms with Crippen LogP contribution in [0, 0.1) is 65.6 Å². The lowest BCUT2D eigenvalue weighted by Crippen LogP contribution is -2.08. The lowest BCUT2D eigenvalue weighted by molar-refractivity contribution is 0.0684. The van der Waals surface area contributed by atoms with Crippen LogP contribution in [0.2, 0.25) is 15.1 Å². The third kappa shape index (κ3) is 35.9. The quantitative estimate of drug-likeness (QED) is 0.0299. The van der Waals surface area contributed by atoms with Crippen LogP contribution in [-0.2, 0) is 31.2 Å². The molecule has 2 heterocycles. The second-order valence-electron chi connectivity index (χ2n) is 33.3. The highest BCUT2D eigenvalue weighted by molar-refractivity contribution is 7.90. The van der Waals surface area contributed by atoms with Crippen molar-refractivity contribution < 1.29 is 120 Å². The van der Waals surface area contributed by atoms with E-state index < -0.39 is 85.0 Å². The van der Waals surface area contributed by atoms with Crippen molar-refractivity contribution in [2.45, 2.75) is 66.9 Å². The summed E-state index contributed by atoms with van der Waals surface area (Å²) in [7, 11) is -6.62. The van der Waals surface area contributed by atoms with E-state index in [4.69, 9.17) is 91.1 Å². The van der Waals surface area contributed by atoms with Gasteiger partial charge in [0.15, 0.2) is 25.5 Å². The molecule has 0 aliphatic heterocycles. The van der Waals surface area contributed by atoms with E-state index >= 15 is 0 Å². The van der Waals surface area contributed by atoms with E-state index in [1.54, 1.807) is 162 Å². The number of aromatic carboxylic acids is 9. The van der Waals surface area contributed by atoms with Gasteiger partial charge in [-0.1, -0.05) is 211 Å². The minimum atomic E-state index is -3.33. The smallest absolute Gasteiger partial charge is 0.336 e. The summed E-state index contributed by atoms with van der Waals surface area (Å²) >= 11 is 19.5. The number of carboxylic acids is 9. The van der Waals surface area contributed by atoms with Crippen molar-refractivity contribution >= 4 is 125 Å². The molecule has 0 unspecified atom stereocenters. The number of carbonyl (C=O) groups excluding carboxylic acids is 1. The van der Waals surface area contributed by atoms with Crippen molar-refractivity contribution in [1.82, 2.24) is 4.98 Å². The molecule has 0 aliphatic carbocycles. The number of benzene rings is 14. The highest BCUT2D eigenvalue weighted by Crippen LogP contribution is 2.34. The van der Waals surface area contributed by atoms with Crippen molar-refractivity contribution in [2.24, 2.45) is 0 Å². The Morgan fingerprint density at radius 3 is 1.03 bits per heavy atom. The Labute approximate surface area is 877 Å². The molecule has 0 bridgehead atoms. The molecule has 26 nitrogen and oxygen atoms in total. The summed E-state index contributed by atoms with van der Waals surface area (Å²) in [6.45, 7) is 14.0. The van der Waals surface area contributed by atoms with Crippen LogP contribution in [0.1, 0.15) is 166 Å². The van der Waals surface area contributed by atoms with Gasteiger partial charge in [0.05, 0.1) is 73.2 Å². The molecule has 149 heavy (non-hydrogen) atoms. The van der Waals surface area contributed by atoms with Crippen LogP contribution in [0.3, 0.4) is 0 Å². The van der Waals surface area contributed by atoms with Crippen molar-refractivity contribution in [3.8, 4) is 89.0 Å². The van der Waals surface area contributed by atoms with Crippen LogP contribution in [0.4, 0.5) is 4.39 Å². The van der Waals surface area contributed by atoms with Gasteiger partial charge in [-0.3, -0.25) is 9.78 Å². The highest BCUT2D eigenvalue weighted by Gasteiger charge is 2.21. The number of hydrogen-bond donors (Lipinski definition) is 10. The van der Waals surface area contributed by atoms with Crippen molar-refractivity contribution in [3.63, 3.8) is 0 Å². The van der Waals surface area contributed by atoms with Gasteiger partial charge in [0, 0.05) is 56.0 Å². The molecular formula is C116H98Cl3FN2O24S3. The first-order chi connectivity index (χ1) is 70.3. The van der Waals surface area contributed by atoms with Gasteiger partial charge in [-0.2, -0.15) is 5.26 Å². The predicted octanol–water partition coefficient (Wildman–Crippen LogP) is 26.7. The number of carboxylic acid groups (broad SMARTS) is 9. The number of nitriles is 1. The van der Waals surface area contributed by atoms with Gasteiger partial charge in [0.25, 0.3) is 0 Å². The Balaban J connectivity index is 0.000000204. The number of nitrogens with zero attached hydrogens (tertiary/aromatic N) is 2.